The molecule has 0 amide bonds. The molecule has 132 valence electrons. The van der Waals surface area contributed by atoms with Crippen LogP contribution in [0.3, 0.4) is 0 Å². The van der Waals surface area contributed by atoms with Gasteiger partial charge in [0.15, 0.2) is 11.7 Å². The summed E-state index contributed by atoms with van der Waals surface area (Å²) in [7, 11) is 0. The normalized spacial score (nSPS) is 18.5. The number of nitrogens with zero attached hydrogens (tertiary/aromatic N) is 2. The first-order valence-electron chi connectivity index (χ1n) is 6.01. The van der Waals surface area contributed by atoms with Gasteiger partial charge in [-0.3, -0.25) is 0 Å². The van der Waals surface area contributed by atoms with E-state index in [1.165, 1.54) is 0 Å². The van der Waals surface area contributed by atoms with Gasteiger partial charge in [0.1, 0.15) is 0 Å². The molecule has 0 atom stereocenters. The van der Waals surface area contributed by atoms with Crippen LogP contribution in [0.1, 0.15) is 5.56 Å². The molecule has 0 saturated heterocycles. The predicted octanol–water partition coefficient (Wildman–Crippen LogP) is 6.35. The van der Waals surface area contributed by atoms with E-state index in [1.807, 2.05) is 0 Å². The molecule has 2 rings (SSSR count). The molecule has 12 heteroatoms. The van der Waals surface area contributed by atoms with Gasteiger partial charge < -0.3 is 5.32 Å². The fourth-order valence-corrected chi connectivity index (χ4v) is 2.99. The summed E-state index contributed by atoms with van der Waals surface area (Å²) in [6, 6.07) is 8.42. The van der Waals surface area contributed by atoms with Crippen LogP contribution in [0.2, 0.25) is 0 Å². The Hall–Kier alpha value is 0.970. The number of amidine groups is 2. The van der Waals surface area contributed by atoms with Crippen LogP contribution in [0.4, 0.5) is 0 Å². The summed E-state index contributed by atoms with van der Waals surface area (Å²) in [5.41, 5.74) is -1.44. The molecule has 0 saturated carbocycles. The summed E-state index contributed by atoms with van der Waals surface area (Å²) in [5.74, 6) is -0.419. The highest BCUT2D eigenvalue weighted by molar-refractivity contribution is 6.79. The van der Waals surface area contributed by atoms with E-state index in [2.05, 4.69) is 15.3 Å². The molecule has 0 aromatic heterocycles. The van der Waals surface area contributed by atoms with E-state index in [4.69, 9.17) is 104 Å². The summed E-state index contributed by atoms with van der Waals surface area (Å²) in [5, 5.41) is 2.56. The molecule has 1 heterocycles. The Kier molecular flexibility index (Phi) is 6.36. The fourth-order valence-electron chi connectivity index (χ4n) is 1.88. The summed E-state index contributed by atoms with van der Waals surface area (Å²) < 4.78 is -6.10. The van der Waals surface area contributed by atoms with Gasteiger partial charge in [-0.15, -0.1) is 0 Å². The summed E-state index contributed by atoms with van der Waals surface area (Å²) in [6.45, 7) is 0. The highest BCUT2D eigenvalue weighted by Crippen LogP contribution is 2.51. The van der Waals surface area contributed by atoms with Crippen molar-refractivity contribution in [3.8, 4) is 0 Å². The third-order valence-corrected chi connectivity index (χ3v) is 4.76. The van der Waals surface area contributed by atoms with Crippen molar-refractivity contribution in [3.05, 3.63) is 35.9 Å². The lowest BCUT2D eigenvalue weighted by molar-refractivity contribution is 0.471. The van der Waals surface area contributed by atoms with E-state index < -0.39 is 17.0 Å². The van der Waals surface area contributed by atoms with Gasteiger partial charge in [0, 0.05) is 5.56 Å². The highest BCUT2D eigenvalue weighted by atomic mass is 35.6. The lowest BCUT2D eigenvalue weighted by atomic mass is 10.0. The molecule has 24 heavy (non-hydrogen) atoms. The Balaban J connectivity index is 2.81. The molecular weight excluding hydrogens is 505 g/mol. The van der Waals surface area contributed by atoms with E-state index in [0.29, 0.717) is 5.56 Å². The number of hydrogen-bond acceptors (Lipinski definition) is 3. The average molecular weight is 511 g/mol. The molecule has 1 aliphatic heterocycles. The van der Waals surface area contributed by atoms with Crippen molar-refractivity contribution in [3.63, 3.8) is 0 Å². The van der Waals surface area contributed by atoms with E-state index >= 15 is 0 Å². The van der Waals surface area contributed by atoms with Gasteiger partial charge in [0.25, 0.3) is 0 Å². The van der Waals surface area contributed by atoms with E-state index in [1.54, 1.807) is 30.3 Å². The zero-order valence-corrected chi connectivity index (χ0v) is 18.0. The van der Waals surface area contributed by atoms with Gasteiger partial charge in [-0.1, -0.05) is 135 Å². The van der Waals surface area contributed by atoms with E-state index in [0.717, 1.165) is 0 Å². The second-order valence-electron chi connectivity index (χ2n) is 4.58. The molecule has 0 aliphatic carbocycles. The largest absolute Gasteiger partial charge is 0.325 e. The van der Waals surface area contributed by atoms with Crippen molar-refractivity contribution in [2.75, 3.05) is 0 Å². The summed E-state index contributed by atoms with van der Waals surface area (Å²) in [4.78, 5) is 8.48. The number of benzene rings is 1. The Labute approximate surface area is 183 Å². The first-order valence-corrected chi connectivity index (χ1v) is 9.41. The van der Waals surface area contributed by atoms with Crippen molar-refractivity contribution >= 4 is 116 Å². The number of hydrogen-bond donors (Lipinski definition) is 1. The summed E-state index contributed by atoms with van der Waals surface area (Å²) in [6.07, 6.45) is 0. The van der Waals surface area contributed by atoms with E-state index in [-0.39, 0.29) is 11.7 Å². The molecule has 1 N–H and O–H groups in total. The zero-order valence-electron chi connectivity index (χ0n) is 11.2. The molecule has 0 bridgehead atoms. The molecular formula is C12H6Cl9N3. The Morgan fingerprint density at radius 1 is 0.708 bits per heavy atom. The van der Waals surface area contributed by atoms with Crippen molar-refractivity contribution in [1.29, 1.82) is 0 Å². The molecule has 1 aromatic carbocycles. The monoisotopic (exact) mass is 507 g/mol. The zero-order chi connectivity index (χ0) is 18.4. The van der Waals surface area contributed by atoms with Crippen LogP contribution in [0.15, 0.2) is 40.3 Å². The smallest absolute Gasteiger partial charge is 0.247 e. The third-order valence-electron chi connectivity index (χ3n) is 2.89. The lowest BCUT2D eigenvalue weighted by Crippen LogP contribution is -2.53. The second-order valence-corrected chi connectivity index (χ2v) is 11.4. The molecule has 1 aromatic rings. The molecule has 3 nitrogen and oxygen atoms in total. The first-order chi connectivity index (χ1) is 10.8. The van der Waals surface area contributed by atoms with Gasteiger partial charge in [0.2, 0.25) is 17.0 Å². The molecule has 0 unspecified atom stereocenters. The van der Waals surface area contributed by atoms with Crippen molar-refractivity contribution in [2.45, 2.75) is 17.0 Å². The SMILES string of the molecule is ClC(Cl)(Cl)C1=NC(c2ccccc2)(C(Cl)(Cl)Cl)N=C(C(Cl)(Cl)Cl)N1. The summed E-state index contributed by atoms with van der Waals surface area (Å²) >= 11 is 54.0. The number of aliphatic imine (C=N–C) groups is 2. The Morgan fingerprint density at radius 2 is 1.12 bits per heavy atom. The van der Waals surface area contributed by atoms with E-state index in [9.17, 15) is 0 Å². The minimum Gasteiger partial charge on any atom is -0.325 e. The van der Waals surface area contributed by atoms with Crippen LogP contribution in [0.25, 0.3) is 0 Å². The quantitative estimate of drug-likeness (QED) is 0.439. The topological polar surface area (TPSA) is 36.8 Å². The van der Waals surface area contributed by atoms with Crippen LogP contribution in [0.5, 0.6) is 0 Å². The Morgan fingerprint density at radius 3 is 1.46 bits per heavy atom. The average Bonchev–Trinajstić information content (AvgIpc) is 2.44. The third kappa shape index (κ3) is 4.44. The number of halogens is 9. The minimum absolute atomic E-state index is 0.209. The van der Waals surface area contributed by atoms with Crippen LogP contribution in [0, 0.1) is 0 Å². The lowest BCUT2D eigenvalue weighted by Gasteiger charge is -2.39. The standard InChI is InChI=1S/C12H6Cl9N3/c13-10(14,15)7-22-8(11(16,17)18)24-9(23-7,12(19,20)21)6-4-2-1-3-5-6/h1-5H,(H,22,23,24). The van der Waals surface area contributed by atoms with Crippen LogP contribution in [-0.4, -0.2) is 23.0 Å². The number of nitrogens with one attached hydrogen (secondary N) is 1. The van der Waals surface area contributed by atoms with Crippen molar-refractivity contribution in [2.24, 2.45) is 9.98 Å². The van der Waals surface area contributed by atoms with Gasteiger partial charge in [-0.25, -0.2) is 9.98 Å². The van der Waals surface area contributed by atoms with Crippen molar-refractivity contribution < 1.29 is 0 Å². The predicted molar refractivity (Wildman–Crippen MR) is 107 cm³/mol. The van der Waals surface area contributed by atoms with Gasteiger partial charge in [-0.05, 0) is 0 Å². The van der Waals surface area contributed by atoms with Crippen LogP contribution < -0.4 is 5.32 Å². The first kappa shape index (κ1) is 21.3. The van der Waals surface area contributed by atoms with Crippen LogP contribution >= 0.6 is 104 Å². The van der Waals surface area contributed by atoms with Gasteiger partial charge in [-0.2, -0.15) is 0 Å². The van der Waals surface area contributed by atoms with Gasteiger partial charge in [0.05, 0.1) is 0 Å². The molecule has 1 aliphatic rings. The molecule has 0 fully saturated rings. The fraction of sp³-hybridized carbons (Fsp3) is 0.333. The highest BCUT2D eigenvalue weighted by Gasteiger charge is 2.55. The van der Waals surface area contributed by atoms with Gasteiger partial charge >= 0.3 is 0 Å². The maximum atomic E-state index is 6.16. The minimum atomic E-state index is -2.08. The van der Waals surface area contributed by atoms with Crippen LogP contribution in [-0.2, 0) is 5.66 Å². The molecule has 0 radical (unpaired) electrons. The maximum Gasteiger partial charge on any atom is 0.247 e. The Bertz CT molecular complexity index is 638. The molecule has 0 spiro atoms. The second kappa shape index (κ2) is 7.18. The number of alkyl halides is 9. The number of rotatable bonds is 1. The maximum absolute atomic E-state index is 6.16. The van der Waals surface area contributed by atoms with Crippen molar-refractivity contribution in [1.82, 2.24) is 5.32 Å².